The number of hydrogen-bond acceptors (Lipinski definition) is 5. The SMILES string of the molecule is COc1cc(N=Nc2ccccn2)ccc1NC(=O)Nc1ccccc1F. The molecule has 2 N–H and O–H groups in total. The Morgan fingerprint density at radius 2 is 1.78 bits per heavy atom. The summed E-state index contributed by atoms with van der Waals surface area (Å²) in [4.78, 5) is 16.2. The van der Waals surface area contributed by atoms with Crippen molar-refractivity contribution in [2.75, 3.05) is 17.7 Å². The number of nitrogens with zero attached hydrogens (tertiary/aromatic N) is 3. The van der Waals surface area contributed by atoms with Crippen LogP contribution in [-0.2, 0) is 0 Å². The van der Waals surface area contributed by atoms with Crippen molar-refractivity contribution in [2.24, 2.45) is 10.2 Å². The van der Waals surface area contributed by atoms with Gasteiger partial charge in [0.2, 0.25) is 0 Å². The van der Waals surface area contributed by atoms with E-state index >= 15 is 0 Å². The molecule has 0 bridgehead atoms. The van der Waals surface area contributed by atoms with Gasteiger partial charge in [-0.05, 0) is 36.4 Å². The Hall–Kier alpha value is -3.81. The number of benzene rings is 2. The van der Waals surface area contributed by atoms with Crippen molar-refractivity contribution in [3.05, 3.63) is 72.7 Å². The van der Waals surface area contributed by atoms with Gasteiger partial charge in [-0.15, -0.1) is 10.2 Å². The smallest absolute Gasteiger partial charge is 0.323 e. The molecule has 2 aromatic carbocycles. The minimum absolute atomic E-state index is 0.0785. The number of nitrogens with one attached hydrogen (secondary N) is 2. The number of para-hydroxylation sites is 1. The lowest BCUT2D eigenvalue weighted by molar-refractivity contribution is 0.262. The van der Waals surface area contributed by atoms with Crippen LogP contribution in [0.1, 0.15) is 0 Å². The van der Waals surface area contributed by atoms with Crippen molar-refractivity contribution in [2.45, 2.75) is 0 Å². The fraction of sp³-hybridized carbons (Fsp3) is 0.0526. The van der Waals surface area contributed by atoms with E-state index in [2.05, 4.69) is 25.8 Å². The predicted octanol–water partition coefficient (Wildman–Crippen LogP) is 5.29. The van der Waals surface area contributed by atoms with E-state index in [4.69, 9.17) is 4.74 Å². The van der Waals surface area contributed by atoms with Crippen molar-refractivity contribution in [3.63, 3.8) is 0 Å². The Balaban J connectivity index is 1.71. The van der Waals surface area contributed by atoms with Crippen LogP contribution in [-0.4, -0.2) is 18.1 Å². The highest BCUT2D eigenvalue weighted by molar-refractivity contribution is 6.00. The number of methoxy groups -OCH3 is 1. The molecule has 2 amide bonds. The second-order valence-electron chi connectivity index (χ2n) is 5.33. The van der Waals surface area contributed by atoms with Crippen molar-refractivity contribution < 1.29 is 13.9 Å². The molecule has 8 heteroatoms. The maximum absolute atomic E-state index is 13.6. The second-order valence-corrected chi connectivity index (χ2v) is 5.33. The Kier molecular flexibility index (Phi) is 5.68. The van der Waals surface area contributed by atoms with Crippen molar-refractivity contribution in [1.82, 2.24) is 4.98 Å². The van der Waals surface area contributed by atoms with Gasteiger partial charge >= 0.3 is 6.03 Å². The van der Waals surface area contributed by atoms with E-state index < -0.39 is 11.8 Å². The van der Waals surface area contributed by atoms with E-state index in [-0.39, 0.29) is 5.69 Å². The summed E-state index contributed by atoms with van der Waals surface area (Å²) in [5, 5.41) is 13.2. The van der Waals surface area contributed by atoms with Crippen LogP contribution in [0.4, 0.5) is 32.1 Å². The Labute approximate surface area is 154 Å². The second kappa shape index (κ2) is 8.52. The molecule has 3 rings (SSSR count). The summed E-state index contributed by atoms with van der Waals surface area (Å²) in [6, 6.07) is 15.5. The lowest BCUT2D eigenvalue weighted by Crippen LogP contribution is -2.20. The third-order valence-corrected chi connectivity index (χ3v) is 3.47. The summed E-state index contributed by atoms with van der Waals surface area (Å²) in [7, 11) is 1.47. The monoisotopic (exact) mass is 365 g/mol. The molecule has 0 saturated carbocycles. The van der Waals surface area contributed by atoms with Crippen LogP contribution >= 0.6 is 0 Å². The summed E-state index contributed by atoms with van der Waals surface area (Å²) in [6.45, 7) is 0. The highest BCUT2D eigenvalue weighted by atomic mass is 19.1. The van der Waals surface area contributed by atoms with Gasteiger partial charge in [0, 0.05) is 12.3 Å². The molecule has 7 nitrogen and oxygen atoms in total. The quantitative estimate of drug-likeness (QED) is 0.602. The summed E-state index contributed by atoms with van der Waals surface area (Å²) in [5.41, 5.74) is 1.01. The number of aromatic nitrogens is 1. The van der Waals surface area contributed by atoms with Gasteiger partial charge in [-0.25, -0.2) is 14.2 Å². The van der Waals surface area contributed by atoms with Crippen LogP contribution in [0.5, 0.6) is 5.75 Å². The van der Waals surface area contributed by atoms with Gasteiger partial charge < -0.3 is 15.4 Å². The van der Waals surface area contributed by atoms with E-state index in [1.807, 2.05) is 6.07 Å². The van der Waals surface area contributed by atoms with Gasteiger partial charge in [0.1, 0.15) is 11.6 Å². The maximum Gasteiger partial charge on any atom is 0.323 e. The first-order valence-electron chi connectivity index (χ1n) is 7.99. The third-order valence-electron chi connectivity index (χ3n) is 3.47. The zero-order chi connectivity index (χ0) is 19.1. The largest absolute Gasteiger partial charge is 0.494 e. The van der Waals surface area contributed by atoms with E-state index in [9.17, 15) is 9.18 Å². The number of anilines is 2. The molecular formula is C19H16FN5O2. The number of hydrogen-bond donors (Lipinski definition) is 2. The Morgan fingerprint density at radius 1 is 1.00 bits per heavy atom. The van der Waals surface area contributed by atoms with Crippen molar-refractivity contribution >= 4 is 28.9 Å². The number of halogens is 1. The van der Waals surface area contributed by atoms with Crippen LogP contribution in [0.3, 0.4) is 0 Å². The van der Waals surface area contributed by atoms with Crippen LogP contribution in [0.15, 0.2) is 77.1 Å². The van der Waals surface area contributed by atoms with Crippen LogP contribution in [0.25, 0.3) is 0 Å². The molecule has 0 spiro atoms. The predicted molar refractivity (Wildman–Crippen MR) is 100 cm³/mol. The number of carbonyl (C=O) groups excluding carboxylic acids is 1. The number of carbonyl (C=O) groups is 1. The number of ether oxygens (including phenoxy) is 1. The van der Waals surface area contributed by atoms with E-state index in [1.54, 1.807) is 48.7 Å². The van der Waals surface area contributed by atoms with E-state index in [0.717, 1.165) is 0 Å². The molecule has 27 heavy (non-hydrogen) atoms. The highest BCUT2D eigenvalue weighted by Crippen LogP contribution is 2.30. The summed E-state index contributed by atoms with van der Waals surface area (Å²) < 4.78 is 18.9. The van der Waals surface area contributed by atoms with E-state index in [0.29, 0.717) is 22.9 Å². The molecule has 1 aromatic heterocycles. The molecule has 0 unspecified atom stereocenters. The fourth-order valence-corrected chi connectivity index (χ4v) is 2.21. The van der Waals surface area contributed by atoms with Crippen LogP contribution < -0.4 is 15.4 Å². The summed E-state index contributed by atoms with van der Waals surface area (Å²) >= 11 is 0. The molecule has 0 fully saturated rings. The van der Waals surface area contributed by atoms with Crippen molar-refractivity contribution in [1.29, 1.82) is 0 Å². The van der Waals surface area contributed by atoms with Gasteiger partial charge in [-0.1, -0.05) is 18.2 Å². The normalized spacial score (nSPS) is 10.6. The summed E-state index contributed by atoms with van der Waals surface area (Å²) in [6.07, 6.45) is 1.62. The van der Waals surface area contributed by atoms with E-state index in [1.165, 1.54) is 19.2 Å². The van der Waals surface area contributed by atoms with Crippen molar-refractivity contribution in [3.8, 4) is 5.75 Å². The van der Waals surface area contributed by atoms with Gasteiger partial charge in [-0.3, -0.25) is 0 Å². The minimum Gasteiger partial charge on any atom is -0.494 e. The average molecular weight is 365 g/mol. The number of rotatable bonds is 5. The molecule has 136 valence electrons. The first-order valence-corrected chi connectivity index (χ1v) is 7.99. The standard InChI is InChI=1S/C19H16FN5O2/c1-27-17-12-13(24-25-18-8-4-5-11-21-18)9-10-16(17)23-19(26)22-15-7-3-2-6-14(15)20/h2-12H,1H3,(H2,22,23,26). The van der Waals surface area contributed by atoms with Gasteiger partial charge in [0.25, 0.3) is 0 Å². The molecule has 1 heterocycles. The van der Waals surface area contributed by atoms with Gasteiger partial charge in [-0.2, -0.15) is 0 Å². The fourth-order valence-electron chi connectivity index (χ4n) is 2.21. The van der Waals surface area contributed by atoms with Gasteiger partial charge in [0.15, 0.2) is 5.82 Å². The molecule has 0 aliphatic heterocycles. The molecule has 0 aliphatic rings. The lowest BCUT2D eigenvalue weighted by atomic mass is 10.2. The lowest BCUT2D eigenvalue weighted by Gasteiger charge is -2.12. The zero-order valence-corrected chi connectivity index (χ0v) is 14.4. The van der Waals surface area contributed by atoms with Gasteiger partial charge in [0.05, 0.1) is 24.2 Å². The molecule has 3 aromatic rings. The molecule has 0 radical (unpaired) electrons. The molecular weight excluding hydrogens is 349 g/mol. The molecule has 0 atom stereocenters. The summed E-state index contributed by atoms with van der Waals surface area (Å²) in [5.74, 6) is 0.337. The maximum atomic E-state index is 13.6. The highest BCUT2D eigenvalue weighted by Gasteiger charge is 2.10. The minimum atomic E-state index is -0.596. The Morgan fingerprint density at radius 3 is 2.52 bits per heavy atom. The number of amides is 2. The first kappa shape index (κ1) is 18.0. The van der Waals surface area contributed by atoms with Crippen LogP contribution in [0.2, 0.25) is 0 Å². The zero-order valence-electron chi connectivity index (χ0n) is 14.4. The molecule has 0 saturated heterocycles. The number of pyridine rings is 1. The Bertz CT molecular complexity index is 963. The first-order chi connectivity index (χ1) is 13.2. The number of azo groups is 1. The number of urea groups is 1. The third kappa shape index (κ3) is 4.85. The molecule has 0 aliphatic carbocycles. The van der Waals surface area contributed by atoms with Crippen LogP contribution in [0, 0.1) is 5.82 Å². The topological polar surface area (TPSA) is 88.0 Å². The average Bonchev–Trinajstić information content (AvgIpc) is 2.69.